The highest BCUT2D eigenvalue weighted by molar-refractivity contribution is 5.84. The first-order valence-corrected chi connectivity index (χ1v) is 7.73. The van der Waals surface area contributed by atoms with Crippen molar-refractivity contribution in [3.05, 3.63) is 42.0 Å². The van der Waals surface area contributed by atoms with Crippen molar-refractivity contribution in [3.8, 4) is 22.6 Å². The molecule has 0 amide bonds. The molecule has 124 valence electrons. The minimum absolute atomic E-state index is 0.222. The Morgan fingerprint density at radius 1 is 1.00 bits per heavy atom. The highest BCUT2D eigenvalue weighted by Gasteiger charge is 2.18. The summed E-state index contributed by atoms with van der Waals surface area (Å²) < 4.78 is 11.2. The average molecular weight is 314 g/mol. The summed E-state index contributed by atoms with van der Waals surface area (Å²) in [6.45, 7) is 2.13. The molecule has 0 aliphatic rings. The molecule has 4 heteroatoms. The maximum absolute atomic E-state index is 5.66. The van der Waals surface area contributed by atoms with Gasteiger partial charge in [-0.05, 0) is 37.7 Å². The Kier molecular flexibility index (Phi) is 5.50. The second kappa shape index (κ2) is 7.38. The number of nitrogens with one attached hydrogen (secondary N) is 1. The number of hydrogen-bond donors (Lipinski definition) is 1. The Morgan fingerprint density at radius 2 is 1.70 bits per heavy atom. The summed E-state index contributed by atoms with van der Waals surface area (Å²) in [5, 5.41) is 3.28. The van der Waals surface area contributed by atoms with E-state index in [1.54, 1.807) is 14.2 Å². The molecular formula is C19H26N2O2. The van der Waals surface area contributed by atoms with Crippen molar-refractivity contribution < 1.29 is 9.47 Å². The molecule has 23 heavy (non-hydrogen) atoms. The Balaban J connectivity index is 2.74. The smallest absolute Gasteiger partial charge is 0.168 e. The number of hydrogen-bond acceptors (Lipinski definition) is 4. The standard InChI is InChI=1S/C19H26N2O2/c1-13(20-2)14-11-16(19(23-6)18(12-14)22-5)15-9-7-8-10-17(15)21(3)4/h7-13,20H,1-6H3. The van der Waals surface area contributed by atoms with E-state index in [2.05, 4.69) is 35.3 Å². The van der Waals surface area contributed by atoms with Gasteiger partial charge in [0.25, 0.3) is 0 Å². The van der Waals surface area contributed by atoms with Gasteiger partial charge in [0, 0.05) is 37.0 Å². The van der Waals surface area contributed by atoms with Crippen molar-refractivity contribution in [1.82, 2.24) is 5.32 Å². The normalized spacial score (nSPS) is 11.9. The molecule has 2 aromatic carbocycles. The van der Waals surface area contributed by atoms with Crippen LogP contribution < -0.4 is 19.7 Å². The number of ether oxygens (including phenoxy) is 2. The van der Waals surface area contributed by atoms with Crippen LogP contribution in [-0.2, 0) is 0 Å². The van der Waals surface area contributed by atoms with Crippen molar-refractivity contribution in [1.29, 1.82) is 0 Å². The third kappa shape index (κ3) is 3.42. The predicted octanol–water partition coefficient (Wildman–Crippen LogP) is 3.72. The van der Waals surface area contributed by atoms with Crippen LogP contribution in [0.3, 0.4) is 0 Å². The van der Waals surface area contributed by atoms with Gasteiger partial charge < -0.3 is 19.7 Å². The van der Waals surface area contributed by atoms with E-state index in [1.165, 1.54) is 0 Å². The van der Waals surface area contributed by atoms with Crippen LogP contribution in [0.4, 0.5) is 5.69 Å². The Bertz CT molecular complexity index is 668. The third-order valence-corrected chi connectivity index (χ3v) is 4.11. The van der Waals surface area contributed by atoms with E-state index in [0.29, 0.717) is 0 Å². The maximum Gasteiger partial charge on any atom is 0.168 e. The highest BCUT2D eigenvalue weighted by atomic mass is 16.5. The summed E-state index contributed by atoms with van der Waals surface area (Å²) >= 11 is 0. The number of anilines is 1. The lowest BCUT2D eigenvalue weighted by atomic mass is 9.96. The van der Waals surface area contributed by atoms with Crippen LogP contribution >= 0.6 is 0 Å². The lowest BCUT2D eigenvalue weighted by Gasteiger charge is -2.22. The zero-order valence-corrected chi connectivity index (χ0v) is 14.8. The molecule has 1 unspecified atom stereocenters. The van der Waals surface area contributed by atoms with E-state index < -0.39 is 0 Å². The molecule has 0 aliphatic carbocycles. The first kappa shape index (κ1) is 17.2. The second-order valence-corrected chi connectivity index (χ2v) is 5.73. The van der Waals surface area contributed by atoms with Crippen LogP contribution in [0.5, 0.6) is 11.5 Å². The molecule has 0 radical (unpaired) electrons. The number of rotatable bonds is 6. The number of nitrogens with zero attached hydrogens (tertiary/aromatic N) is 1. The number of methoxy groups -OCH3 is 2. The topological polar surface area (TPSA) is 33.7 Å². The average Bonchev–Trinajstić information content (AvgIpc) is 2.59. The van der Waals surface area contributed by atoms with E-state index >= 15 is 0 Å². The van der Waals surface area contributed by atoms with Crippen molar-refractivity contribution in [3.63, 3.8) is 0 Å². The van der Waals surface area contributed by atoms with E-state index in [-0.39, 0.29) is 6.04 Å². The van der Waals surface area contributed by atoms with Crippen LogP contribution in [0, 0.1) is 0 Å². The highest BCUT2D eigenvalue weighted by Crippen LogP contribution is 2.43. The summed E-state index contributed by atoms with van der Waals surface area (Å²) in [4.78, 5) is 2.11. The van der Waals surface area contributed by atoms with Gasteiger partial charge >= 0.3 is 0 Å². The van der Waals surface area contributed by atoms with Gasteiger partial charge in [0.2, 0.25) is 0 Å². The van der Waals surface area contributed by atoms with Crippen molar-refractivity contribution in [2.24, 2.45) is 0 Å². The molecule has 0 fully saturated rings. The van der Waals surface area contributed by atoms with Crippen LogP contribution in [0.15, 0.2) is 36.4 Å². The van der Waals surface area contributed by atoms with Crippen molar-refractivity contribution >= 4 is 5.69 Å². The first-order valence-electron chi connectivity index (χ1n) is 7.73. The van der Waals surface area contributed by atoms with E-state index in [1.807, 2.05) is 39.3 Å². The second-order valence-electron chi connectivity index (χ2n) is 5.73. The lowest BCUT2D eigenvalue weighted by molar-refractivity contribution is 0.355. The van der Waals surface area contributed by atoms with E-state index in [4.69, 9.17) is 9.47 Å². The molecule has 0 aliphatic heterocycles. The Morgan fingerprint density at radius 3 is 2.26 bits per heavy atom. The molecule has 0 saturated carbocycles. The van der Waals surface area contributed by atoms with Crippen molar-refractivity contribution in [2.75, 3.05) is 40.3 Å². The molecule has 2 aromatic rings. The fraction of sp³-hybridized carbons (Fsp3) is 0.368. The van der Waals surface area contributed by atoms with Crippen LogP contribution in [0.25, 0.3) is 11.1 Å². The summed E-state index contributed by atoms with van der Waals surface area (Å²) in [5.74, 6) is 1.50. The number of benzene rings is 2. The third-order valence-electron chi connectivity index (χ3n) is 4.11. The van der Waals surface area contributed by atoms with Gasteiger partial charge in [0.1, 0.15) is 0 Å². The fourth-order valence-corrected chi connectivity index (χ4v) is 2.69. The molecule has 0 heterocycles. The molecule has 0 bridgehead atoms. The van der Waals surface area contributed by atoms with Gasteiger partial charge in [-0.1, -0.05) is 18.2 Å². The molecule has 0 spiro atoms. The quantitative estimate of drug-likeness (QED) is 0.881. The van der Waals surface area contributed by atoms with Gasteiger partial charge in [-0.3, -0.25) is 0 Å². The van der Waals surface area contributed by atoms with Gasteiger partial charge in [-0.15, -0.1) is 0 Å². The Hall–Kier alpha value is -2.20. The first-order chi connectivity index (χ1) is 11.0. The van der Waals surface area contributed by atoms with E-state index in [0.717, 1.165) is 33.9 Å². The minimum Gasteiger partial charge on any atom is -0.493 e. The minimum atomic E-state index is 0.222. The lowest BCUT2D eigenvalue weighted by Crippen LogP contribution is -2.13. The molecule has 1 atom stereocenters. The number of para-hydroxylation sites is 1. The summed E-state index contributed by atoms with van der Waals surface area (Å²) in [6, 6.07) is 12.7. The van der Waals surface area contributed by atoms with Gasteiger partial charge in [0.05, 0.1) is 14.2 Å². The fourth-order valence-electron chi connectivity index (χ4n) is 2.69. The monoisotopic (exact) mass is 314 g/mol. The largest absolute Gasteiger partial charge is 0.493 e. The molecule has 0 aromatic heterocycles. The van der Waals surface area contributed by atoms with Gasteiger partial charge in [0.15, 0.2) is 11.5 Å². The van der Waals surface area contributed by atoms with Gasteiger partial charge in [-0.2, -0.15) is 0 Å². The molecule has 4 nitrogen and oxygen atoms in total. The molecule has 0 saturated heterocycles. The molecule has 1 N–H and O–H groups in total. The Labute approximate surface area is 139 Å². The van der Waals surface area contributed by atoms with Gasteiger partial charge in [-0.25, -0.2) is 0 Å². The maximum atomic E-state index is 5.66. The summed E-state index contributed by atoms with van der Waals surface area (Å²) in [7, 11) is 9.40. The van der Waals surface area contributed by atoms with Crippen LogP contribution in [0.1, 0.15) is 18.5 Å². The predicted molar refractivity (Wildman–Crippen MR) is 96.8 cm³/mol. The zero-order chi connectivity index (χ0) is 17.0. The van der Waals surface area contributed by atoms with Crippen LogP contribution in [0.2, 0.25) is 0 Å². The van der Waals surface area contributed by atoms with Crippen molar-refractivity contribution in [2.45, 2.75) is 13.0 Å². The SMILES string of the molecule is CNC(C)c1cc(OC)c(OC)c(-c2ccccc2N(C)C)c1. The molecular weight excluding hydrogens is 288 g/mol. The van der Waals surface area contributed by atoms with E-state index in [9.17, 15) is 0 Å². The summed E-state index contributed by atoms with van der Waals surface area (Å²) in [6.07, 6.45) is 0. The van der Waals surface area contributed by atoms with Crippen LogP contribution in [-0.4, -0.2) is 35.4 Å². The zero-order valence-electron chi connectivity index (χ0n) is 14.8. The molecule has 2 rings (SSSR count). The summed E-state index contributed by atoms with van der Waals surface area (Å²) in [5.41, 5.74) is 4.46.